The molecule has 0 N–H and O–H groups in total. The molecule has 1 heterocycles. The summed E-state index contributed by atoms with van der Waals surface area (Å²) in [6, 6.07) is 0. The molecular formula is C13H27N3. The maximum atomic E-state index is 4.53. The van der Waals surface area contributed by atoms with Gasteiger partial charge in [-0.05, 0) is 18.3 Å². The first-order valence-electron chi connectivity index (χ1n) is 6.54. The van der Waals surface area contributed by atoms with Gasteiger partial charge in [-0.25, -0.2) is 0 Å². The molecule has 3 nitrogen and oxygen atoms in total. The Bertz CT molecular complexity index is 230. The number of hydrogen-bond acceptors (Lipinski definition) is 3. The zero-order chi connectivity index (χ0) is 12.2. The molecule has 16 heavy (non-hydrogen) atoms. The SMILES string of the molecule is CCCCN1N=CN(CC(C)(C)C)C1CC. The molecule has 0 saturated carbocycles. The zero-order valence-electron chi connectivity index (χ0n) is 11.5. The number of hydrazone groups is 1. The quantitative estimate of drug-likeness (QED) is 0.716. The van der Waals surface area contributed by atoms with E-state index in [2.05, 4.69) is 49.6 Å². The number of unbranched alkanes of at least 4 members (excludes halogenated alkanes) is 1. The van der Waals surface area contributed by atoms with Crippen molar-refractivity contribution in [2.75, 3.05) is 13.1 Å². The Morgan fingerprint density at radius 3 is 2.44 bits per heavy atom. The molecule has 0 radical (unpaired) electrons. The van der Waals surface area contributed by atoms with Crippen molar-refractivity contribution in [3.63, 3.8) is 0 Å². The largest absolute Gasteiger partial charge is 0.339 e. The molecule has 0 bridgehead atoms. The van der Waals surface area contributed by atoms with Gasteiger partial charge in [-0.3, -0.25) is 5.01 Å². The minimum atomic E-state index is 0.334. The van der Waals surface area contributed by atoms with Crippen LogP contribution in [-0.4, -0.2) is 35.5 Å². The molecule has 94 valence electrons. The van der Waals surface area contributed by atoms with Crippen molar-refractivity contribution in [3.8, 4) is 0 Å². The fourth-order valence-electron chi connectivity index (χ4n) is 2.12. The second-order valence-corrected chi connectivity index (χ2v) is 5.87. The Labute approximate surface area is 100 Å². The van der Waals surface area contributed by atoms with E-state index >= 15 is 0 Å². The summed E-state index contributed by atoms with van der Waals surface area (Å²) in [6.07, 6.45) is 6.11. The lowest BCUT2D eigenvalue weighted by molar-refractivity contribution is 0.103. The molecule has 0 spiro atoms. The van der Waals surface area contributed by atoms with Gasteiger partial charge in [0.2, 0.25) is 0 Å². The topological polar surface area (TPSA) is 18.8 Å². The highest BCUT2D eigenvalue weighted by Crippen LogP contribution is 2.22. The predicted octanol–water partition coefficient (Wildman–Crippen LogP) is 3.13. The normalized spacial score (nSPS) is 20.9. The van der Waals surface area contributed by atoms with E-state index in [1.807, 2.05) is 6.34 Å². The van der Waals surface area contributed by atoms with E-state index in [4.69, 9.17) is 0 Å². The fraction of sp³-hybridized carbons (Fsp3) is 0.923. The van der Waals surface area contributed by atoms with E-state index in [1.54, 1.807) is 0 Å². The number of rotatable bonds is 5. The van der Waals surface area contributed by atoms with E-state index in [9.17, 15) is 0 Å². The molecule has 1 atom stereocenters. The van der Waals surface area contributed by atoms with Crippen LogP contribution in [0.15, 0.2) is 5.10 Å². The maximum absolute atomic E-state index is 4.53. The number of hydrogen-bond donors (Lipinski definition) is 0. The van der Waals surface area contributed by atoms with Crippen LogP contribution in [0.25, 0.3) is 0 Å². The van der Waals surface area contributed by atoms with Crippen LogP contribution in [0.3, 0.4) is 0 Å². The molecule has 0 aromatic carbocycles. The van der Waals surface area contributed by atoms with Crippen molar-refractivity contribution in [1.29, 1.82) is 0 Å². The van der Waals surface area contributed by atoms with Crippen LogP contribution >= 0.6 is 0 Å². The van der Waals surface area contributed by atoms with E-state index in [-0.39, 0.29) is 0 Å². The van der Waals surface area contributed by atoms with E-state index in [1.165, 1.54) is 12.8 Å². The summed E-state index contributed by atoms with van der Waals surface area (Å²) in [5.41, 5.74) is 0.334. The highest BCUT2D eigenvalue weighted by molar-refractivity contribution is 5.57. The summed E-state index contributed by atoms with van der Waals surface area (Å²) in [7, 11) is 0. The second kappa shape index (κ2) is 5.55. The molecule has 0 saturated heterocycles. The molecule has 1 aliphatic rings. The Morgan fingerprint density at radius 2 is 1.94 bits per heavy atom. The van der Waals surface area contributed by atoms with Crippen molar-refractivity contribution >= 4 is 6.34 Å². The molecular weight excluding hydrogens is 198 g/mol. The third kappa shape index (κ3) is 3.69. The van der Waals surface area contributed by atoms with Gasteiger partial charge in [0.05, 0.1) is 0 Å². The molecule has 3 heteroatoms. The number of nitrogens with zero attached hydrogens (tertiary/aromatic N) is 3. The van der Waals surface area contributed by atoms with Crippen molar-refractivity contribution in [2.45, 2.75) is 60.0 Å². The van der Waals surface area contributed by atoms with Crippen LogP contribution in [0, 0.1) is 5.41 Å². The van der Waals surface area contributed by atoms with Gasteiger partial charge in [0.1, 0.15) is 12.5 Å². The first-order chi connectivity index (χ1) is 7.48. The predicted molar refractivity (Wildman–Crippen MR) is 70.3 cm³/mol. The van der Waals surface area contributed by atoms with E-state index in [0.717, 1.165) is 19.5 Å². The van der Waals surface area contributed by atoms with Crippen LogP contribution in [-0.2, 0) is 0 Å². The minimum absolute atomic E-state index is 0.334. The molecule has 1 rings (SSSR count). The van der Waals surface area contributed by atoms with Crippen molar-refractivity contribution in [3.05, 3.63) is 0 Å². The Kier molecular flexibility index (Phi) is 4.63. The summed E-state index contributed by atoms with van der Waals surface area (Å²) in [5.74, 6) is 0. The van der Waals surface area contributed by atoms with Crippen LogP contribution in [0.4, 0.5) is 0 Å². The molecule has 0 fully saturated rings. The summed E-state index contributed by atoms with van der Waals surface area (Å²) >= 11 is 0. The summed E-state index contributed by atoms with van der Waals surface area (Å²) in [5, 5.41) is 6.77. The van der Waals surface area contributed by atoms with Crippen LogP contribution in [0.1, 0.15) is 53.9 Å². The lowest BCUT2D eigenvalue weighted by atomic mass is 9.96. The van der Waals surface area contributed by atoms with Gasteiger partial charge in [0.25, 0.3) is 0 Å². The van der Waals surface area contributed by atoms with Gasteiger partial charge in [-0.2, -0.15) is 5.10 Å². The van der Waals surface area contributed by atoms with E-state index in [0.29, 0.717) is 11.6 Å². The third-order valence-corrected chi connectivity index (χ3v) is 2.84. The average molecular weight is 225 g/mol. The smallest absolute Gasteiger partial charge is 0.118 e. The fourth-order valence-corrected chi connectivity index (χ4v) is 2.12. The van der Waals surface area contributed by atoms with Crippen LogP contribution < -0.4 is 0 Å². The third-order valence-electron chi connectivity index (χ3n) is 2.84. The Hall–Kier alpha value is -0.730. The molecule has 0 aliphatic carbocycles. The van der Waals surface area contributed by atoms with Crippen molar-refractivity contribution < 1.29 is 0 Å². The highest BCUT2D eigenvalue weighted by Gasteiger charge is 2.28. The van der Waals surface area contributed by atoms with Crippen LogP contribution in [0.5, 0.6) is 0 Å². The first kappa shape index (κ1) is 13.3. The second-order valence-electron chi connectivity index (χ2n) is 5.87. The summed E-state index contributed by atoms with van der Waals surface area (Å²) in [6.45, 7) is 13.5. The maximum Gasteiger partial charge on any atom is 0.118 e. The summed E-state index contributed by atoms with van der Waals surface area (Å²) in [4.78, 5) is 2.38. The Balaban J connectivity index is 2.53. The standard InChI is InChI=1S/C13H27N3/c1-6-8-9-16-12(7-2)15(11-14-16)10-13(3,4)5/h11-12H,6-10H2,1-5H3. The lowest BCUT2D eigenvalue weighted by Gasteiger charge is -2.33. The first-order valence-corrected chi connectivity index (χ1v) is 6.54. The van der Waals surface area contributed by atoms with Gasteiger partial charge in [0, 0.05) is 13.1 Å². The minimum Gasteiger partial charge on any atom is -0.339 e. The van der Waals surface area contributed by atoms with Gasteiger partial charge < -0.3 is 4.90 Å². The lowest BCUT2D eigenvalue weighted by Crippen LogP contribution is -2.43. The van der Waals surface area contributed by atoms with Gasteiger partial charge in [-0.15, -0.1) is 0 Å². The van der Waals surface area contributed by atoms with Gasteiger partial charge >= 0.3 is 0 Å². The summed E-state index contributed by atoms with van der Waals surface area (Å²) < 4.78 is 0. The molecule has 0 aromatic heterocycles. The van der Waals surface area contributed by atoms with Crippen molar-refractivity contribution in [1.82, 2.24) is 9.91 Å². The van der Waals surface area contributed by atoms with Crippen LogP contribution in [0.2, 0.25) is 0 Å². The van der Waals surface area contributed by atoms with Gasteiger partial charge in [-0.1, -0.05) is 41.0 Å². The monoisotopic (exact) mass is 225 g/mol. The average Bonchev–Trinajstić information content (AvgIpc) is 2.54. The molecule has 1 aliphatic heterocycles. The van der Waals surface area contributed by atoms with Crippen molar-refractivity contribution in [2.24, 2.45) is 10.5 Å². The van der Waals surface area contributed by atoms with Gasteiger partial charge in [0.15, 0.2) is 0 Å². The Morgan fingerprint density at radius 1 is 1.25 bits per heavy atom. The van der Waals surface area contributed by atoms with E-state index < -0.39 is 0 Å². The molecule has 0 aromatic rings. The molecule has 0 amide bonds. The molecule has 1 unspecified atom stereocenters. The zero-order valence-corrected chi connectivity index (χ0v) is 11.5. The highest BCUT2D eigenvalue weighted by atomic mass is 15.6.